The number of hydrogen-bond donors (Lipinski definition) is 1. The van der Waals surface area contributed by atoms with Crippen LogP contribution >= 0.6 is 7.29 Å². The molecular formula is C24H52NOP. The highest BCUT2D eigenvalue weighted by atomic mass is 31.2. The Bertz CT molecular complexity index is 304. The zero-order valence-electron chi connectivity index (χ0n) is 19.0. The fourth-order valence-electron chi connectivity index (χ4n) is 3.85. The molecule has 0 aliphatic heterocycles. The molecule has 0 spiro atoms. The molecule has 0 rings (SSSR count). The predicted molar refractivity (Wildman–Crippen MR) is 125 cm³/mol. The Morgan fingerprint density at radius 1 is 0.444 bits per heavy atom. The third kappa shape index (κ3) is 22.3. The van der Waals surface area contributed by atoms with E-state index < -0.39 is 7.29 Å². The van der Waals surface area contributed by atoms with Gasteiger partial charge in [-0.3, -0.25) is 5.50 Å². The van der Waals surface area contributed by atoms with Gasteiger partial charge in [0.05, 0.1) is 0 Å². The van der Waals surface area contributed by atoms with Crippen molar-refractivity contribution in [2.24, 2.45) is 5.50 Å². The van der Waals surface area contributed by atoms with Gasteiger partial charge in [-0.15, -0.1) is 0 Å². The lowest BCUT2D eigenvalue weighted by molar-refractivity contribution is 0.549. The molecule has 0 amide bonds. The Kier molecular flexibility index (Phi) is 21.1. The summed E-state index contributed by atoms with van der Waals surface area (Å²) in [6.07, 6.45) is 28.1. The third-order valence-corrected chi connectivity index (χ3v) is 7.93. The maximum absolute atomic E-state index is 12.5. The van der Waals surface area contributed by atoms with Crippen molar-refractivity contribution in [3.8, 4) is 0 Å². The van der Waals surface area contributed by atoms with E-state index in [0.717, 1.165) is 25.2 Å². The van der Waals surface area contributed by atoms with Crippen LogP contribution in [0.15, 0.2) is 0 Å². The molecule has 164 valence electrons. The molecule has 0 saturated carbocycles. The van der Waals surface area contributed by atoms with Crippen LogP contribution in [0.1, 0.15) is 142 Å². The van der Waals surface area contributed by atoms with Gasteiger partial charge in [0.2, 0.25) is 0 Å². The van der Waals surface area contributed by atoms with Crippen molar-refractivity contribution in [2.45, 2.75) is 142 Å². The van der Waals surface area contributed by atoms with Gasteiger partial charge in [-0.25, -0.2) is 0 Å². The molecular weight excluding hydrogens is 349 g/mol. The second-order valence-corrected chi connectivity index (χ2v) is 11.6. The summed E-state index contributed by atoms with van der Waals surface area (Å²) in [7, 11) is -2.34. The van der Waals surface area contributed by atoms with E-state index in [0.29, 0.717) is 0 Å². The van der Waals surface area contributed by atoms with Crippen LogP contribution in [0, 0.1) is 0 Å². The summed E-state index contributed by atoms with van der Waals surface area (Å²) < 4.78 is 12.5. The van der Waals surface area contributed by atoms with Gasteiger partial charge in [0.25, 0.3) is 0 Å². The molecule has 27 heavy (non-hydrogen) atoms. The zero-order chi connectivity index (χ0) is 20.1. The van der Waals surface area contributed by atoms with Crippen LogP contribution in [0.4, 0.5) is 0 Å². The van der Waals surface area contributed by atoms with E-state index in [2.05, 4.69) is 13.8 Å². The van der Waals surface area contributed by atoms with E-state index in [9.17, 15) is 4.57 Å². The van der Waals surface area contributed by atoms with Crippen molar-refractivity contribution in [3.63, 3.8) is 0 Å². The molecule has 0 radical (unpaired) electrons. The van der Waals surface area contributed by atoms with Crippen LogP contribution in [0.5, 0.6) is 0 Å². The van der Waals surface area contributed by atoms with Gasteiger partial charge < -0.3 is 4.57 Å². The minimum Gasteiger partial charge on any atom is -0.307 e. The van der Waals surface area contributed by atoms with Crippen LogP contribution in [-0.2, 0) is 4.57 Å². The van der Waals surface area contributed by atoms with Crippen LogP contribution in [-0.4, -0.2) is 12.3 Å². The summed E-state index contributed by atoms with van der Waals surface area (Å²) in [5, 5.41) is 0. The molecule has 0 aromatic heterocycles. The average molecular weight is 402 g/mol. The molecule has 3 heteroatoms. The minimum absolute atomic E-state index is 0.779. The number of rotatable bonds is 22. The molecule has 2 N–H and O–H groups in total. The summed E-state index contributed by atoms with van der Waals surface area (Å²) in [5.74, 6) is 0. The van der Waals surface area contributed by atoms with E-state index in [1.807, 2.05) is 0 Å². The fourth-order valence-corrected chi connectivity index (χ4v) is 5.59. The van der Waals surface area contributed by atoms with Gasteiger partial charge in [0.1, 0.15) is 7.29 Å². The summed E-state index contributed by atoms with van der Waals surface area (Å²) in [4.78, 5) is 0. The first-order valence-corrected chi connectivity index (χ1v) is 14.6. The lowest BCUT2D eigenvalue weighted by Crippen LogP contribution is -2.04. The summed E-state index contributed by atoms with van der Waals surface area (Å²) in [5.41, 5.74) is 6.09. The van der Waals surface area contributed by atoms with Crippen molar-refractivity contribution in [2.75, 3.05) is 12.3 Å². The van der Waals surface area contributed by atoms with Crippen LogP contribution in [0.3, 0.4) is 0 Å². The van der Waals surface area contributed by atoms with E-state index >= 15 is 0 Å². The highest BCUT2D eigenvalue weighted by Crippen LogP contribution is 2.38. The Labute approximate surface area is 172 Å². The Morgan fingerprint density at radius 3 is 0.926 bits per heavy atom. The summed E-state index contributed by atoms with van der Waals surface area (Å²) in [6, 6.07) is 0. The number of nitrogens with two attached hydrogens (primary N) is 1. The van der Waals surface area contributed by atoms with Gasteiger partial charge in [-0.1, -0.05) is 129 Å². The van der Waals surface area contributed by atoms with Crippen molar-refractivity contribution < 1.29 is 4.57 Å². The smallest absolute Gasteiger partial charge is 0.145 e. The SMILES string of the molecule is CCCCCCCCCCCCP(N)(=O)CCCCCCCCCCCC. The lowest BCUT2D eigenvalue weighted by atomic mass is 10.1. The maximum Gasteiger partial charge on any atom is 0.145 e. The molecule has 0 heterocycles. The molecule has 0 saturated heterocycles. The van der Waals surface area contributed by atoms with Crippen LogP contribution < -0.4 is 5.50 Å². The average Bonchev–Trinajstić information content (AvgIpc) is 2.64. The van der Waals surface area contributed by atoms with E-state index in [-0.39, 0.29) is 0 Å². The number of hydrogen-bond acceptors (Lipinski definition) is 1. The van der Waals surface area contributed by atoms with E-state index in [1.165, 1.54) is 116 Å². The molecule has 0 aromatic rings. The van der Waals surface area contributed by atoms with Gasteiger partial charge >= 0.3 is 0 Å². The minimum atomic E-state index is -2.34. The molecule has 0 atom stereocenters. The Hall–Kier alpha value is 0.190. The van der Waals surface area contributed by atoms with Crippen LogP contribution in [0.2, 0.25) is 0 Å². The molecule has 0 aliphatic rings. The van der Waals surface area contributed by atoms with Crippen molar-refractivity contribution in [3.05, 3.63) is 0 Å². The zero-order valence-corrected chi connectivity index (χ0v) is 19.9. The van der Waals surface area contributed by atoms with Gasteiger partial charge in [0.15, 0.2) is 0 Å². The first-order chi connectivity index (χ1) is 13.1. The Morgan fingerprint density at radius 2 is 0.667 bits per heavy atom. The second-order valence-electron chi connectivity index (χ2n) is 8.76. The fraction of sp³-hybridized carbons (Fsp3) is 1.00. The summed E-state index contributed by atoms with van der Waals surface area (Å²) in [6.45, 7) is 4.54. The maximum atomic E-state index is 12.5. The van der Waals surface area contributed by atoms with Crippen LogP contribution in [0.25, 0.3) is 0 Å². The Balaban J connectivity index is 3.32. The predicted octanol–water partition coefficient (Wildman–Crippen LogP) is 9.07. The van der Waals surface area contributed by atoms with E-state index in [4.69, 9.17) is 5.50 Å². The molecule has 0 bridgehead atoms. The molecule has 0 aromatic carbocycles. The normalized spacial score (nSPS) is 12.0. The largest absolute Gasteiger partial charge is 0.307 e. The quantitative estimate of drug-likeness (QED) is 0.145. The number of unbranched alkanes of at least 4 members (excludes halogenated alkanes) is 18. The van der Waals surface area contributed by atoms with Gasteiger partial charge in [0, 0.05) is 12.3 Å². The first kappa shape index (κ1) is 27.2. The summed E-state index contributed by atoms with van der Waals surface area (Å²) >= 11 is 0. The van der Waals surface area contributed by atoms with Crippen molar-refractivity contribution in [1.29, 1.82) is 0 Å². The highest BCUT2D eigenvalue weighted by Gasteiger charge is 2.14. The third-order valence-electron chi connectivity index (χ3n) is 5.78. The van der Waals surface area contributed by atoms with Gasteiger partial charge in [-0.05, 0) is 12.8 Å². The van der Waals surface area contributed by atoms with Crippen molar-refractivity contribution >= 4 is 7.29 Å². The highest BCUT2D eigenvalue weighted by molar-refractivity contribution is 7.61. The van der Waals surface area contributed by atoms with E-state index in [1.54, 1.807) is 0 Å². The molecule has 0 fully saturated rings. The molecule has 2 nitrogen and oxygen atoms in total. The van der Waals surface area contributed by atoms with Gasteiger partial charge in [-0.2, -0.15) is 0 Å². The molecule has 0 unspecified atom stereocenters. The topological polar surface area (TPSA) is 43.1 Å². The monoisotopic (exact) mass is 401 g/mol. The second kappa shape index (κ2) is 20.9. The standard InChI is InChI=1S/C24H52NOP/c1-3-5-7-9-11-13-15-17-19-21-23-27(25,26)24-22-20-18-16-14-12-10-8-6-4-2/h3-24H2,1-2H3,(H2,25,26). The van der Waals surface area contributed by atoms with Crippen molar-refractivity contribution in [1.82, 2.24) is 0 Å². The molecule has 0 aliphatic carbocycles. The lowest BCUT2D eigenvalue weighted by Gasteiger charge is -2.12. The first-order valence-electron chi connectivity index (χ1n) is 12.5.